The van der Waals surface area contributed by atoms with Crippen LogP contribution in [0.5, 0.6) is 0 Å². The van der Waals surface area contributed by atoms with Crippen LogP contribution in [0.1, 0.15) is 37.8 Å². The van der Waals surface area contributed by atoms with Crippen LogP contribution in [0.25, 0.3) is 0 Å². The van der Waals surface area contributed by atoms with Crippen molar-refractivity contribution in [1.29, 1.82) is 0 Å². The third-order valence-corrected chi connectivity index (χ3v) is 2.73. The van der Waals surface area contributed by atoms with Crippen molar-refractivity contribution < 1.29 is 0 Å². The van der Waals surface area contributed by atoms with Crippen LogP contribution in [0.2, 0.25) is 0 Å². The Morgan fingerprint density at radius 3 is 2.80 bits per heavy atom. The predicted octanol–water partition coefficient (Wildman–Crippen LogP) is 2.71. The Labute approximate surface area is 93.1 Å². The third-order valence-electron chi connectivity index (χ3n) is 2.73. The van der Waals surface area contributed by atoms with E-state index in [1.807, 2.05) is 12.4 Å². The van der Waals surface area contributed by atoms with E-state index in [1.54, 1.807) is 0 Å². The number of likely N-dealkylation sites (N-methyl/N-ethyl adjacent to an activating group) is 1. The molecule has 0 saturated heterocycles. The summed E-state index contributed by atoms with van der Waals surface area (Å²) in [4.78, 5) is 4.12. The van der Waals surface area contributed by atoms with E-state index in [0.29, 0.717) is 6.04 Å². The van der Waals surface area contributed by atoms with Gasteiger partial charge < -0.3 is 5.32 Å². The molecule has 1 aromatic heterocycles. The van der Waals surface area contributed by atoms with Crippen LogP contribution in [-0.2, 0) is 6.42 Å². The Balaban J connectivity index is 2.60. The smallest absolute Gasteiger partial charge is 0.0299 e. The van der Waals surface area contributed by atoms with Crippen molar-refractivity contribution >= 4 is 0 Å². The lowest BCUT2D eigenvalue weighted by Gasteiger charge is -2.18. The quantitative estimate of drug-likeness (QED) is 0.774. The highest BCUT2D eigenvalue weighted by atomic mass is 14.9. The van der Waals surface area contributed by atoms with Gasteiger partial charge in [-0.3, -0.25) is 4.98 Å². The van der Waals surface area contributed by atoms with E-state index in [0.717, 1.165) is 13.0 Å². The van der Waals surface area contributed by atoms with Gasteiger partial charge in [-0.15, -0.1) is 0 Å². The normalized spacial score (nSPS) is 12.7. The van der Waals surface area contributed by atoms with Crippen molar-refractivity contribution in [3.8, 4) is 0 Å². The molecule has 84 valence electrons. The Morgan fingerprint density at radius 2 is 2.20 bits per heavy atom. The van der Waals surface area contributed by atoms with Gasteiger partial charge in [-0.2, -0.15) is 0 Å². The highest BCUT2D eigenvalue weighted by Crippen LogP contribution is 2.10. The van der Waals surface area contributed by atoms with Gasteiger partial charge in [0.1, 0.15) is 0 Å². The van der Waals surface area contributed by atoms with E-state index in [1.165, 1.54) is 24.0 Å². The number of pyridine rings is 1. The van der Waals surface area contributed by atoms with Crippen LogP contribution in [0, 0.1) is 6.92 Å². The second kappa shape index (κ2) is 6.57. The molecule has 1 rings (SSSR count). The Morgan fingerprint density at radius 1 is 1.40 bits per heavy atom. The van der Waals surface area contributed by atoms with Crippen molar-refractivity contribution in [3.63, 3.8) is 0 Å². The Kier molecular flexibility index (Phi) is 5.33. The molecule has 0 saturated carbocycles. The monoisotopic (exact) mass is 206 g/mol. The van der Waals surface area contributed by atoms with E-state index in [4.69, 9.17) is 0 Å². The van der Waals surface area contributed by atoms with Crippen LogP contribution in [-0.4, -0.2) is 17.6 Å². The van der Waals surface area contributed by atoms with Crippen LogP contribution < -0.4 is 5.32 Å². The molecule has 1 atom stereocenters. The molecular weight excluding hydrogens is 184 g/mol. The molecule has 1 unspecified atom stereocenters. The first kappa shape index (κ1) is 12.2. The first-order chi connectivity index (χ1) is 7.27. The number of aromatic nitrogens is 1. The minimum Gasteiger partial charge on any atom is -0.314 e. The van der Waals surface area contributed by atoms with E-state index in [-0.39, 0.29) is 0 Å². The average Bonchev–Trinajstić information content (AvgIpc) is 2.22. The lowest BCUT2D eigenvalue weighted by Crippen LogP contribution is -2.31. The summed E-state index contributed by atoms with van der Waals surface area (Å²) in [5.74, 6) is 0. The summed E-state index contributed by atoms with van der Waals surface area (Å²) in [6.07, 6.45) is 7.44. The maximum Gasteiger partial charge on any atom is 0.0299 e. The van der Waals surface area contributed by atoms with Gasteiger partial charge >= 0.3 is 0 Å². The minimum absolute atomic E-state index is 0.612. The van der Waals surface area contributed by atoms with E-state index in [2.05, 4.69) is 37.1 Å². The van der Waals surface area contributed by atoms with Crippen molar-refractivity contribution in [1.82, 2.24) is 10.3 Å². The third kappa shape index (κ3) is 4.00. The fourth-order valence-electron chi connectivity index (χ4n) is 1.91. The Hall–Kier alpha value is -0.890. The zero-order valence-electron chi connectivity index (χ0n) is 10.1. The van der Waals surface area contributed by atoms with E-state index < -0.39 is 0 Å². The maximum atomic E-state index is 4.12. The number of hydrogen-bond donors (Lipinski definition) is 1. The maximum absolute atomic E-state index is 4.12. The molecule has 2 heteroatoms. The molecule has 0 aliphatic heterocycles. The molecule has 2 nitrogen and oxygen atoms in total. The number of hydrogen-bond acceptors (Lipinski definition) is 2. The van der Waals surface area contributed by atoms with Gasteiger partial charge in [0, 0.05) is 18.4 Å². The van der Waals surface area contributed by atoms with Crippen molar-refractivity contribution in [2.75, 3.05) is 6.54 Å². The molecule has 0 radical (unpaired) electrons. The lowest BCUT2D eigenvalue weighted by molar-refractivity contribution is 0.485. The summed E-state index contributed by atoms with van der Waals surface area (Å²) in [6, 6.07) is 2.75. The first-order valence-corrected chi connectivity index (χ1v) is 5.90. The van der Waals surface area contributed by atoms with E-state index in [9.17, 15) is 0 Å². The first-order valence-electron chi connectivity index (χ1n) is 5.90. The molecule has 0 aromatic carbocycles. The molecule has 1 aromatic rings. The van der Waals surface area contributed by atoms with Gasteiger partial charge in [-0.05, 0) is 43.5 Å². The van der Waals surface area contributed by atoms with Crippen LogP contribution >= 0.6 is 0 Å². The van der Waals surface area contributed by atoms with Crippen LogP contribution in [0.15, 0.2) is 18.5 Å². The summed E-state index contributed by atoms with van der Waals surface area (Å²) < 4.78 is 0. The number of nitrogens with one attached hydrogen (secondary N) is 1. The van der Waals surface area contributed by atoms with Gasteiger partial charge in [0.2, 0.25) is 0 Å². The van der Waals surface area contributed by atoms with Crippen molar-refractivity contribution in [2.45, 2.75) is 46.1 Å². The van der Waals surface area contributed by atoms with Crippen LogP contribution in [0.4, 0.5) is 0 Å². The molecular formula is C13H22N2. The summed E-state index contributed by atoms with van der Waals surface area (Å²) in [7, 11) is 0. The molecule has 0 fully saturated rings. The molecule has 0 aliphatic carbocycles. The fourth-order valence-corrected chi connectivity index (χ4v) is 1.91. The summed E-state index contributed by atoms with van der Waals surface area (Å²) >= 11 is 0. The van der Waals surface area contributed by atoms with Crippen molar-refractivity contribution in [3.05, 3.63) is 29.6 Å². The molecule has 0 aliphatic rings. The molecule has 1 N–H and O–H groups in total. The van der Waals surface area contributed by atoms with Gasteiger partial charge in [-0.25, -0.2) is 0 Å². The standard InChI is InChI=1S/C13H22N2/c1-4-6-13(15-5-2)9-12-7-8-14-10-11(12)3/h7-8,10,13,15H,4-6,9H2,1-3H3. The van der Waals surface area contributed by atoms with Gasteiger partial charge in [0.25, 0.3) is 0 Å². The fraction of sp³-hybridized carbons (Fsp3) is 0.615. The SMILES string of the molecule is CCCC(Cc1ccncc1C)NCC. The van der Waals surface area contributed by atoms with E-state index >= 15 is 0 Å². The minimum atomic E-state index is 0.612. The highest BCUT2D eigenvalue weighted by molar-refractivity contribution is 5.22. The molecule has 15 heavy (non-hydrogen) atoms. The number of nitrogens with zero attached hydrogens (tertiary/aromatic N) is 1. The molecule has 1 heterocycles. The summed E-state index contributed by atoms with van der Waals surface area (Å²) in [5, 5.41) is 3.54. The average molecular weight is 206 g/mol. The molecule has 0 amide bonds. The molecule has 0 bridgehead atoms. The largest absolute Gasteiger partial charge is 0.314 e. The second-order valence-electron chi connectivity index (χ2n) is 4.05. The number of aryl methyl sites for hydroxylation is 1. The lowest BCUT2D eigenvalue weighted by atomic mass is 10.00. The van der Waals surface area contributed by atoms with Crippen LogP contribution in [0.3, 0.4) is 0 Å². The summed E-state index contributed by atoms with van der Waals surface area (Å²) in [5.41, 5.74) is 2.72. The predicted molar refractivity (Wildman–Crippen MR) is 65.1 cm³/mol. The van der Waals surface area contributed by atoms with Gasteiger partial charge in [0.15, 0.2) is 0 Å². The number of rotatable bonds is 6. The molecule has 0 spiro atoms. The summed E-state index contributed by atoms with van der Waals surface area (Å²) in [6.45, 7) is 7.60. The zero-order valence-corrected chi connectivity index (χ0v) is 10.1. The van der Waals surface area contributed by atoms with Crippen molar-refractivity contribution in [2.24, 2.45) is 0 Å². The Bertz CT molecular complexity index is 278. The van der Waals surface area contributed by atoms with Gasteiger partial charge in [-0.1, -0.05) is 20.3 Å². The second-order valence-corrected chi connectivity index (χ2v) is 4.05. The zero-order chi connectivity index (χ0) is 11.1. The highest BCUT2D eigenvalue weighted by Gasteiger charge is 2.08. The topological polar surface area (TPSA) is 24.9 Å². The van der Waals surface area contributed by atoms with Gasteiger partial charge in [0.05, 0.1) is 0 Å².